The van der Waals surface area contributed by atoms with Crippen LogP contribution in [0.25, 0.3) is 11.1 Å². The number of aromatic nitrogens is 1. The summed E-state index contributed by atoms with van der Waals surface area (Å²) in [5, 5.41) is 12.4. The van der Waals surface area contributed by atoms with Crippen molar-refractivity contribution in [1.29, 1.82) is 0 Å². The molecule has 1 aromatic heterocycles. The molecule has 0 amide bonds. The van der Waals surface area contributed by atoms with Crippen molar-refractivity contribution in [2.24, 2.45) is 0 Å². The molecular formula is C10H7F3N2O2. The average Bonchev–Trinajstić information content (AvgIpc) is 2.63. The van der Waals surface area contributed by atoms with E-state index in [1.165, 1.54) is 0 Å². The van der Waals surface area contributed by atoms with Crippen LogP contribution in [0.1, 0.15) is 5.56 Å². The maximum Gasteiger partial charge on any atom is 0.417 e. The molecule has 0 atom stereocenters. The molecule has 17 heavy (non-hydrogen) atoms. The number of phenolic OH excluding ortho intramolecular Hbond substituents is 1. The van der Waals surface area contributed by atoms with Crippen LogP contribution in [-0.2, 0) is 6.18 Å². The fourth-order valence-corrected chi connectivity index (χ4v) is 1.45. The summed E-state index contributed by atoms with van der Waals surface area (Å²) in [7, 11) is 0. The standard InChI is InChI=1S/C10H7F3N2O2/c11-10(12,13)8-3-5(16)1-2-6(8)7-4-15-17-9(7)14/h1-4,16H,14H2. The molecule has 7 heteroatoms. The summed E-state index contributed by atoms with van der Waals surface area (Å²) in [6, 6.07) is 2.87. The van der Waals surface area contributed by atoms with Gasteiger partial charge < -0.3 is 15.4 Å². The van der Waals surface area contributed by atoms with Gasteiger partial charge in [-0.2, -0.15) is 13.2 Å². The Kier molecular flexibility index (Phi) is 2.45. The molecule has 1 aromatic carbocycles. The van der Waals surface area contributed by atoms with Gasteiger partial charge in [0.15, 0.2) is 0 Å². The van der Waals surface area contributed by atoms with Crippen LogP contribution in [0.4, 0.5) is 19.1 Å². The maximum absolute atomic E-state index is 12.7. The first kappa shape index (κ1) is 11.3. The van der Waals surface area contributed by atoms with Gasteiger partial charge in [0, 0.05) is 5.56 Å². The van der Waals surface area contributed by atoms with Gasteiger partial charge in [0.1, 0.15) is 5.75 Å². The minimum absolute atomic E-state index is 0.0392. The lowest BCUT2D eigenvalue weighted by atomic mass is 10.0. The van der Waals surface area contributed by atoms with Crippen LogP contribution in [0.5, 0.6) is 5.75 Å². The van der Waals surface area contributed by atoms with Crippen molar-refractivity contribution in [2.75, 3.05) is 5.73 Å². The number of hydrogen-bond acceptors (Lipinski definition) is 4. The first-order valence-corrected chi connectivity index (χ1v) is 4.50. The summed E-state index contributed by atoms with van der Waals surface area (Å²) in [5.41, 5.74) is 4.22. The number of rotatable bonds is 1. The summed E-state index contributed by atoms with van der Waals surface area (Å²) in [4.78, 5) is 0. The Hall–Kier alpha value is -2.18. The van der Waals surface area contributed by atoms with Crippen molar-refractivity contribution < 1.29 is 22.8 Å². The van der Waals surface area contributed by atoms with Gasteiger partial charge in [0.25, 0.3) is 0 Å². The number of anilines is 1. The Morgan fingerprint density at radius 3 is 2.47 bits per heavy atom. The van der Waals surface area contributed by atoms with Crippen LogP contribution in [0.2, 0.25) is 0 Å². The highest BCUT2D eigenvalue weighted by Gasteiger charge is 2.35. The number of nitrogens with zero attached hydrogens (tertiary/aromatic N) is 1. The first-order valence-electron chi connectivity index (χ1n) is 4.50. The summed E-state index contributed by atoms with van der Waals surface area (Å²) in [6.07, 6.45) is -3.51. The molecule has 90 valence electrons. The molecular weight excluding hydrogens is 237 g/mol. The smallest absolute Gasteiger partial charge is 0.417 e. The lowest BCUT2D eigenvalue weighted by Crippen LogP contribution is -2.07. The van der Waals surface area contributed by atoms with Gasteiger partial charge in [0.05, 0.1) is 17.3 Å². The van der Waals surface area contributed by atoms with Crippen LogP contribution in [-0.4, -0.2) is 10.3 Å². The molecule has 3 N–H and O–H groups in total. The molecule has 4 nitrogen and oxygen atoms in total. The quantitative estimate of drug-likeness (QED) is 0.808. The molecule has 0 aliphatic heterocycles. The summed E-state index contributed by atoms with van der Waals surface area (Å²) in [6.45, 7) is 0. The third kappa shape index (κ3) is 2.03. The van der Waals surface area contributed by atoms with E-state index in [2.05, 4.69) is 9.68 Å². The fraction of sp³-hybridized carbons (Fsp3) is 0.100. The van der Waals surface area contributed by atoms with Gasteiger partial charge in [0.2, 0.25) is 5.88 Å². The molecule has 0 bridgehead atoms. The average molecular weight is 244 g/mol. The van der Waals surface area contributed by atoms with Crippen LogP contribution in [0.3, 0.4) is 0 Å². The predicted octanol–water partition coefficient (Wildman–Crippen LogP) is 2.65. The van der Waals surface area contributed by atoms with Crippen molar-refractivity contribution in [3.05, 3.63) is 30.0 Å². The molecule has 0 aliphatic carbocycles. The molecule has 0 saturated heterocycles. The van der Waals surface area contributed by atoms with Gasteiger partial charge >= 0.3 is 6.18 Å². The molecule has 0 fully saturated rings. The van der Waals surface area contributed by atoms with E-state index in [0.717, 1.165) is 18.3 Å². The van der Waals surface area contributed by atoms with Crippen LogP contribution in [0, 0.1) is 0 Å². The van der Waals surface area contributed by atoms with Crippen molar-refractivity contribution in [3.8, 4) is 16.9 Å². The molecule has 0 saturated carbocycles. The third-order valence-electron chi connectivity index (χ3n) is 2.20. The lowest BCUT2D eigenvalue weighted by Gasteiger charge is -2.12. The zero-order valence-corrected chi connectivity index (χ0v) is 8.32. The van der Waals surface area contributed by atoms with Gasteiger partial charge in [-0.3, -0.25) is 0 Å². The van der Waals surface area contributed by atoms with E-state index >= 15 is 0 Å². The summed E-state index contributed by atoms with van der Waals surface area (Å²) in [5.74, 6) is -0.683. The lowest BCUT2D eigenvalue weighted by molar-refractivity contribution is -0.137. The topological polar surface area (TPSA) is 72.3 Å². The van der Waals surface area contributed by atoms with Crippen molar-refractivity contribution in [2.45, 2.75) is 6.18 Å². The summed E-state index contributed by atoms with van der Waals surface area (Å²) < 4.78 is 42.8. The number of benzene rings is 1. The van der Waals surface area contributed by atoms with E-state index < -0.39 is 17.5 Å². The van der Waals surface area contributed by atoms with Gasteiger partial charge in [-0.1, -0.05) is 5.16 Å². The van der Waals surface area contributed by atoms with Crippen LogP contribution < -0.4 is 5.73 Å². The Morgan fingerprint density at radius 2 is 1.94 bits per heavy atom. The highest BCUT2D eigenvalue weighted by atomic mass is 19.4. The number of alkyl halides is 3. The zero-order valence-electron chi connectivity index (χ0n) is 8.32. The molecule has 0 aliphatic rings. The van der Waals surface area contributed by atoms with Crippen molar-refractivity contribution in [1.82, 2.24) is 5.16 Å². The Balaban J connectivity index is 2.67. The van der Waals surface area contributed by atoms with Crippen molar-refractivity contribution >= 4 is 5.88 Å². The van der Waals surface area contributed by atoms with E-state index in [-0.39, 0.29) is 17.0 Å². The first-order chi connectivity index (χ1) is 7.89. The number of halogens is 3. The summed E-state index contributed by atoms with van der Waals surface area (Å²) >= 11 is 0. The largest absolute Gasteiger partial charge is 0.508 e. The second-order valence-electron chi connectivity index (χ2n) is 3.33. The van der Waals surface area contributed by atoms with Crippen LogP contribution in [0.15, 0.2) is 28.9 Å². The second-order valence-corrected chi connectivity index (χ2v) is 3.33. The van der Waals surface area contributed by atoms with E-state index in [1.807, 2.05) is 0 Å². The van der Waals surface area contributed by atoms with Gasteiger partial charge in [-0.15, -0.1) is 0 Å². The SMILES string of the molecule is Nc1oncc1-c1ccc(O)cc1C(F)(F)F. The fourth-order valence-electron chi connectivity index (χ4n) is 1.45. The Labute approximate surface area is 93.4 Å². The van der Waals surface area contributed by atoms with Crippen molar-refractivity contribution in [3.63, 3.8) is 0 Å². The van der Waals surface area contributed by atoms with Crippen LogP contribution >= 0.6 is 0 Å². The monoisotopic (exact) mass is 244 g/mol. The molecule has 2 aromatic rings. The molecule has 1 heterocycles. The number of hydrogen-bond donors (Lipinski definition) is 2. The Bertz CT molecular complexity index is 549. The molecule has 0 unspecified atom stereocenters. The normalized spacial score (nSPS) is 11.7. The molecule has 0 spiro atoms. The van der Waals surface area contributed by atoms with E-state index in [0.29, 0.717) is 6.07 Å². The number of phenols is 1. The number of nitrogens with two attached hydrogens (primary N) is 1. The predicted molar refractivity (Wildman–Crippen MR) is 53.0 cm³/mol. The second kappa shape index (κ2) is 3.69. The minimum atomic E-state index is -4.60. The van der Waals surface area contributed by atoms with Gasteiger partial charge in [-0.05, 0) is 18.2 Å². The Morgan fingerprint density at radius 1 is 1.24 bits per heavy atom. The van der Waals surface area contributed by atoms with E-state index in [4.69, 9.17) is 10.8 Å². The zero-order chi connectivity index (χ0) is 12.6. The highest BCUT2D eigenvalue weighted by molar-refractivity contribution is 5.75. The minimum Gasteiger partial charge on any atom is -0.508 e. The molecule has 2 rings (SSSR count). The maximum atomic E-state index is 12.7. The number of nitrogen functional groups attached to an aromatic ring is 1. The highest BCUT2D eigenvalue weighted by Crippen LogP contribution is 2.40. The van der Waals surface area contributed by atoms with Gasteiger partial charge in [-0.25, -0.2) is 0 Å². The molecule has 0 radical (unpaired) electrons. The van der Waals surface area contributed by atoms with E-state index in [1.54, 1.807) is 0 Å². The van der Waals surface area contributed by atoms with E-state index in [9.17, 15) is 13.2 Å². The number of aromatic hydroxyl groups is 1. The third-order valence-corrected chi connectivity index (χ3v) is 2.20.